The lowest BCUT2D eigenvalue weighted by atomic mass is 10.0. The van der Waals surface area contributed by atoms with E-state index in [0.717, 1.165) is 4.90 Å². The van der Waals surface area contributed by atoms with Gasteiger partial charge < -0.3 is 38.5 Å². The number of carbonyl (C=O) groups excluding carboxylic acids is 5. The van der Waals surface area contributed by atoms with Crippen LogP contribution in [0.3, 0.4) is 0 Å². The van der Waals surface area contributed by atoms with E-state index in [9.17, 15) is 24.0 Å². The standard InChI is InChI=1S/C29H41N3O12/c1-38-25(34)7-9-39-11-13-41-15-17-43-19-20-44-18-16-42-14-12-40-10-8-30-22-4-2-3-21-26(22)29(37)32(28(21)36)23-5-6-24(33)31-27(23)35/h2-4,23,30H,5-20H2,1H3,(H,31,33,35). The molecular weight excluding hydrogens is 582 g/mol. The topological polar surface area (TPSA) is 177 Å². The van der Waals surface area contributed by atoms with Crippen LogP contribution in [0.4, 0.5) is 5.69 Å². The van der Waals surface area contributed by atoms with Crippen LogP contribution in [-0.4, -0.2) is 133 Å². The van der Waals surface area contributed by atoms with Crippen molar-refractivity contribution in [2.75, 3.05) is 98.3 Å². The van der Waals surface area contributed by atoms with Crippen LogP contribution in [0.15, 0.2) is 18.2 Å². The predicted molar refractivity (Wildman–Crippen MR) is 153 cm³/mol. The zero-order valence-electron chi connectivity index (χ0n) is 25.0. The van der Waals surface area contributed by atoms with E-state index in [4.69, 9.17) is 28.4 Å². The van der Waals surface area contributed by atoms with Gasteiger partial charge in [-0.2, -0.15) is 0 Å². The van der Waals surface area contributed by atoms with Gasteiger partial charge in [0.15, 0.2) is 0 Å². The maximum Gasteiger partial charge on any atom is 0.307 e. The number of hydrogen-bond donors (Lipinski definition) is 2. The second kappa shape index (κ2) is 19.7. The highest BCUT2D eigenvalue weighted by Crippen LogP contribution is 2.32. The Morgan fingerprint density at radius 1 is 0.795 bits per heavy atom. The van der Waals surface area contributed by atoms with Gasteiger partial charge in [-0.25, -0.2) is 0 Å². The summed E-state index contributed by atoms with van der Waals surface area (Å²) in [6.45, 7) is 5.20. The maximum absolute atomic E-state index is 13.1. The summed E-state index contributed by atoms with van der Waals surface area (Å²) < 4.78 is 37.0. The first kappa shape index (κ1) is 35.0. The van der Waals surface area contributed by atoms with Gasteiger partial charge in [-0.3, -0.25) is 34.2 Å². The monoisotopic (exact) mass is 623 g/mol. The minimum Gasteiger partial charge on any atom is -0.469 e. The van der Waals surface area contributed by atoms with Gasteiger partial charge in [-0.1, -0.05) is 6.07 Å². The summed E-state index contributed by atoms with van der Waals surface area (Å²) in [5.41, 5.74) is 0.900. The van der Waals surface area contributed by atoms with Gasteiger partial charge >= 0.3 is 5.97 Å². The molecule has 1 unspecified atom stereocenters. The average molecular weight is 624 g/mol. The first-order chi connectivity index (χ1) is 21.4. The van der Waals surface area contributed by atoms with Crippen molar-refractivity contribution in [1.82, 2.24) is 10.2 Å². The van der Waals surface area contributed by atoms with Crippen molar-refractivity contribution < 1.29 is 57.1 Å². The number of nitrogens with one attached hydrogen (secondary N) is 2. The fraction of sp³-hybridized carbons (Fsp3) is 0.621. The van der Waals surface area contributed by atoms with E-state index in [1.54, 1.807) is 18.2 Å². The molecule has 1 fully saturated rings. The molecule has 2 heterocycles. The second-order valence-corrected chi connectivity index (χ2v) is 9.60. The number of ether oxygens (including phenoxy) is 7. The van der Waals surface area contributed by atoms with Gasteiger partial charge in [0, 0.05) is 18.7 Å². The average Bonchev–Trinajstić information content (AvgIpc) is 3.27. The Morgan fingerprint density at radius 3 is 1.89 bits per heavy atom. The highest BCUT2D eigenvalue weighted by molar-refractivity contribution is 6.25. The molecule has 4 amide bonds. The summed E-state index contributed by atoms with van der Waals surface area (Å²) in [7, 11) is 1.34. The molecule has 2 aliphatic heterocycles. The Kier molecular flexibility index (Phi) is 15.7. The normalized spacial score (nSPS) is 16.3. The molecule has 0 radical (unpaired) electrons. The number of methoxy groups -OCH3 is 1. The first-order valence-electron chi connectivity index (χ1n) is 14.6. The fourth-order valence-corrected chi connectivity index (χ4v) is 4.38. The molecule has 1 aromatic carbocycles. The minimum absolute atomic E-state index is 0.0655. The third-order valence-corrected chi connectivity index (χ3v) is 6.57. The van der Waals surface area contributed by atoms with Crippen LogP contribution in [0.1, 0.15) is 40.0 Å². The van der Waals surface area contributed by atoms with Crippen molar-refractivity contribution in [3.05, 3.63) is 29.3 Å². The maximum atomic E-state index is 13.1. The van der Waals surface area contributed by atoms with E-state index in [1.165, 1.54) is 7.11 Å². The Morgan fingerprint density at radius 2 is 1.34 bits per heavy atom. The van der Waals surface area contributed by atoms with Crippen molar-refractivity contribution in [3.63, 3.8) is 0 Å². The lowest BCUT2D eigenvalue weighted by Crippen LogP contribution is -2.54. The molecule has 15 nitrogen and oxygen atoms in total. The van der Waals surface area contributed by atoms with Crippen LogP contribution in [-0.2, 0) is 47.5 Å². The molecule has 0 aromatic heterocycles. The molecule has 1 saturated heterocycles. The molecule has 0 aliphatic carbocycles. The van der Waals surface area contributed by atoms with E-state index < -0.39 is 29.7 Å². The zero-order valence-corrected chi connectivity index (χ0v) is 25.0. The number of anilines is 1. The fourth-order valence-electron chi connectivity index (χ4n) is 4.38. The molecule has 1 aromatic rings. The van der Waals surface area contributed by atoms with Crippen molar-refractivity contribution in [1.29, 1.82) is 0 Å². The van der Waals surface area contributed by atoms with E-state index in [2.05, 4.69) is 15.4 Å². The number of hydrogen-bond acceptors (Lipinski definition) is 13. The third kappa shape index (κ3) is 11.2. The van der Waals surface area contributed by atoms with Gasteiger partial charge in [0.25, 0.3) is 11.8 Å². The van der Waals surface area contributed by atoms with E-state index in [1.807, 2.05) is 0 Å². The quantitative estimate of drug-likeness (QED) is 0.0958. The van der Waals surface area contributed by atoms with Crippen LogP contribution in [0.5, 0.6) is 0 Å². The van der Waals surface area contributed by atoms with E-state index >= 15 is 0 Å². The van der Waals surface area contributed by atoms with Crippen molar-refractivity contribution in [3.8, 4) is 0 Å². The van der Waals surface area contributed by atoms with Crippen LogP contribution in [0.25, 0.3) is 0 Å². The van der Waals surface area contributed by atoms with Crippen molar-refractivity contribution in [2.45, 2.75) is 25.3 Å². The number of amides is 4. The number of piperidine rings is 1. The number of benzene rings is 1. The Hall–Kier alpha value is -3.47. The summed E-state index contributed by atoms with van der Waals surface area (Å²) >= 11 is 0. The number of carbonyl (C=O) groups is 5. The molecular formula is C29H41N3O12. The summed E-state index contributed by atoms with van der Waals surface area (Å²) in [6, 6.07) is 3.89. The molecule has 15 heteroatoms. The van der Waals surface area contributed by atoms with Gasteiger partial charge in [0.1, 0.15) is 6.04 Å². The van der Waals surface area contributed by atoms with Crippen molar-refractivity contribution >= 4 is 35.3 Å². The van der Waals surface area contributed by atoms with Crippen LogP contribution < -0.4 is 10.6 Å². The molecule has 244 valence electrons. The molecule has 0 spiro atoms. The summed E-state index contributed by atoms with van der Waals surface area (Å²) in [5, 5.41) is 5.31. The largest absolute Gasteiger partial charge is 0.469 e. The van der Waals surface area contributed by atoms with Crippen LogP contribution >= 0.6 is 0 Å². The highest BCUT2D eigenvalue weighted by atomic mass is 16.6. The molecule has 2 aliphatic rings. The number of fused-ring (bicyclic) bond motifs is 1. The van der Waals surface area contributed by atoms with Gasteiger partial charge in [-0.05, 0) is 18.6 Å². The highest BCUT2D eigenvalue weighted by Gasteiger charge is 2.45. The molecule has 44 heavy (non-hydrogen) atoms. The summed E-state index contributed by atoms with van der Waals surface area (Å²) in [6.07, 6.45) is 0.393. The van der Waals surface area contributed by atoms with Gasteiger partial charge in [0.2, 0.25) is 11.8 Å². The van der Waals surface area contributed by atoms with E-state index in [0.29, 0.717) is 91.5 Å². The third-order valence-electron chi connectivity index (χ3n) is 6.57. The smallest absolute Gasteiger partial charge is 0.307 e. The van der Waals surface area contributed by atoms with Crippen LogP contribution in [0.2, 0.25) is 0 Å². The predicted octanol–water partition coefficient (Wildman–Crippen LogP) is 0.162. The number of esters is 1. The zero-order chi connectivity index (χ0) is 31.6. The number of rotatable bonds is 23. The number of imide groups is 2. The van der Waals surface area contributed by atoms with Crippen LogP contribution in [0, 0.1) is 0 Å². The second-order valence-electron chi connectivity index (χ2n) is 9.60. The molecule has 1 atom stereocenters. The molecule has 2 N–H and O–H groups in total. The molecule has 0 bridgehead atoms. The van der Waals surface area contributed by atoms with E-state index in [-0.39, 0.29) is 36.4 Å². The first-order valence-corrected chi connectivity index (χ1v) is 14.6. The summed E-state index contributed by atoms with van der Waals surface area (Å²) in [5.74, 6) is -2.48. The SMILES string of the molecule is COC(=O)CCOCCOCCOCCOCCOCCOCCNc1cccc2c1C(=O)N(C1CCC(=O)NC1=O)C2=O. The Labute approximate surface area is 255 Å². The molecule has 3 rings (SSSR count). The lowest BCUT2D eigenvalue weighted by Gasteiger charge is -2.27. The van der Waals surface area contributed by atoms with Crippen molar-refractivity contribution in [2.24, 2.45) is 0 Å². The lowest BCUT2D eigenvalue weighted by molar-refractivity contribution is -0.142. The van der Waals surface area contributed by atoms with Gasteiger partial charge in [-0.15, -0.1) is 0 Å². The number of nitrogens with zero attached hydrogens (tertiary/aromatic N) is 1. The minimum atomic E-state index is -1.01. The molecule has 0 saturated carbocycles. The Balaban J connectivity index is 1.15. The summed E-state index contributed by atoms with van der Waals surface area (Å²) in [4.78, 5) is 61.6. The Bertz CT molecular complexity index is 1120. The van der Waals surface area contributed by atoms with Gasteiger partial charge in [0.05, 0.1) is 104 Å².